The number of benzene rings is 2. The number of hydrogen-bond acceptors (Lipinski definition) is 3. The highest BCUT2D eigenvalue weighted by molar-refractivity contribution is 9.10. The second-order valence-electron chi connectivity index (χ2n) is 4.97. The lowest BCUT2D eigenvalue weighted by molar-refractivity contribution is 0.0572. The van der Waals surface area contributed by atoms with E-state index in [4.69, 9.17) is 11.6 Å². The van der Waals surface area contributed by atoms with Gasteiger partial charge in [-0.1, -0.05) is 51.8 Å². The number of rotatable bonds is 4. The van der Waals surface area contributed by atoms with E-state index in [-0.39, 0.29) is 6.54 Å². The van der Waals surface area contributed by atoms with Crippen LogP contribution in [0.4, 0.5) is 0 Å². The number of hydrogen-bond donors (Lipinski definition) is 1. The highest BCUT2D eigenvalue weighted by Crippen LogP contribution is 2.32. The van der Waals surface area contributed by atoms with Crippen LogP contribution in [-0.4, -0.2) is 19.9 Å². The molecule has 112 valence electrons. The number of aliphatic hydroxyl groups is 1. The van der Waals surface area contributed by atoms with E-state index in [2.05, 4.69) is 26.0 Å². The monoisotopic (exact) mass is 377 g/mol. The third-order valence-corrected chi connectivity index (χ3v) is 4.28. The van der Waals surface area contributed by atoms with Gasteiger partial charge in [-0.2, -0.15) is 5.10 Å². The Morgan fingerprint density at radius 2 is 1.64 bits per heavy atom. The lowest BCUT2D eigenvalue weighted by Gasteiger charge is -2.29. The minimum atomic E-state index is -1.22. The van der Waals surface area contributed by atoms with E-state index in [0.29, 0.717) is 5.02 Å². The van der Waals surface area contributed by atoms with Crippen LogP contribution in [0.5, 0.6) is 0 Å². The molecule has 4 nitrogen and oxygen atoms in total. The molecule has 0 aliphatic carbocycles. The fourth-order valence-electron chi connectivity index (χ4n) is 2.35. The predicted molar refractivity (Wildman–Crippen MR) is 88.6 cm³/mol. The molecule has 0 spiro atoms. The molecular weight excluding hydrogens is 366 g/mol. The SMILES string of the molecule is OC(Cn1cncn1)(c1ccc(Cl)cc1)c1ccc(Br)cc1. The Hall–Kier alpha value is -1.69. The Bertz CT molecular complexity index is 697. The standard InChI is InChI=1S/C16H13BrClN3O/c17-14-5-1-12(2-6-14)16(22,9-21-11-19-10-20-21)13-3-7-15(18)8-4-13/h1-8,10-11,22H,9H2. The summed E-state index contributed by atoms with van der Waals surface area (Å²) in [6.45, 7) is 0.260. The lowest BCUT2D eigenvalue weighted by atomic mass is 9.86. The van der Waals surface area contributed by atoms with Crippen LogP contribution in [0.25, 0.3) is 0 Å². The zero-order chi connectivity index (χ0) is 15.6. The summed E-state index contributed by atoms with van der Waals surface area (Å²) in [5.41, 5.74) is 0.294. The molecule has 0 saturated carbocycles. The van der Waals surface area contributed by atoms with Crippen molar-refractivity contribution in [2.45, 2.75) is 12.1 Å². The molecule has 3 rings (SSSR count). The highest BCUT2D eigenvalue weighted by atomic mass is 79.9. The van der Waals surface area contributed by atoms with Gasteiger partial charge in [0.25, 0.3) is 0 Å². The van der Waals surface area contributed by atoms with Crippen molar-refractivity contribution in [2.75, 3.05) is 0 Å². The molecule has 0 bridgehead atoms. The van der Waals surface area contributed by atoms with E-state index < -0.39 is 5.60 Å². The van der Waals surface area contributed by atoms with Gasteiger partial charge in [-0.25, -0.2) is 9.67 Å². The molecule has 6 heteroatoms. The summed E-state index contributed by atoms with van der Waals surface area (Å²) >= 11 is 9.37. The van der Waals surface area contributed by atoms with E-state index in [1.54, 1.807) is 23.1 Å². The number of aromatic nitrogens is 3. The van der Waals surface area contributed by atoms with Crippen LogP contribution in [0.1, 0.15) is 11.1 Å². The average Bonchev–Trinajstić information content (AvgIpc) is 3.01. The molecule has 0 amide bonds. The molecular formula is C16H13BrClN3O. The topological polar surface area (TPSA) is 50.9 Å². The second-order valence-corrected chi connectivity index (χ2v) is 6.32. The molecule has 3 aromatic rings. The normalized spacial score (nSPS) is 13.8. The summed E-state index contributed by atoms with van der Waals surface area (Å²) in [5.74, 6) is 0. The Labute approximate surface area is 141 Å². The van der Waals surface area contributed by atoms with Crippen LogP contribution in [0.15, 0.2) is 65.7 Å². The van der Waals surface area contributed by atoms with Crippen LogP contribution in [0.2, 0.25) is 5.02 Å². The third-order valence-electron chi connectivity index (χ3n) is 3.50. The average molecular weight is 379 g/mol. The molecule has 1 atom stereocenters. The summed E-state index contributed by atoms with van der Waals surface area (Å²) in [6, 6.07) is 14.7. The van der Waals surface area contributed by atoms with Gasteiger partial charge in [-0.15, -0.1) is 0 Å². The smallest absolute Gasteiger partial charge is 0.137 e. The van der Waals surface area contributed by atoms with Crippen LogP contribution < -0.4 is 0 Å². The van der Waals surface area contributed by atoms with Crippen molar-refractivity contribution in [2.24, 2.45) is 0 Å². The summed E-state index contributed by atoms with van der Waals surface area (Å²) < 4.78 is 2.56. The molecule has 0 aliphatic heterocycles. The van der Waals surface area contributed by atoms with Gasteiger partial charge in [0.2, 0.25) is 0 Å². The first-order valence-corrected chi connectivity index (χ1v) is 7.82. The Morgan fingerprint density at radius 1 is 1.05 bits per heavy atom. The summed E-state index contributed by atoms with van der Waals surface area (Å²) in [5, 5.41) is 16.1. The Kier molecular flexibility index (Phi) is 4.29. The first kappa shape index (κ1) is 15.2. The maximum absolute atomic E-state index is 11.4. The molecule has 0 fully saturated rings. The molecule has 22 heavy (non-hydrogen) atoms. The molecule has 1 N–H and O–H groups in total. The summed E-state index contributed by atoms with van der Waals surface area (Å²) in [6.07, 6.45) is 3.03. The van der Waals surface area contributed by atoms with Crippen molar-refractivity contribution in [1.29, 1.82) is 0 Å². The molecule has 0 aliphatic rings. The molecule has 1 aromatic heterocycles. The van der Waals surface area contributed by atoms with Crippen molar-refractivity contribution < 1.29 is 5.11 Å². The van der Waals surface area contributed by atoms with Crippen molar-refractivity contribution >= 4 is 27.5 Å². The van der Waals surface area contributed by atoms with Gasteiger partial charge < -0.3 is 5.11 Å². The zero-order valence-corrected chi connectivity index (χ0v) is 13.9. The van der Waals surface area contributed by atoms with Crippen molar-refractivity contribution in [3.63, 3.8) is 0 Å². The summed E-state index contributed by atoms with van der Waals surface area (Å²) in [4.78, 5) is 3.93. The van der Waals surface area contributed by atoms with Gasteiger partial charge in [0.15, 0.2) is 0 Å². The quantitative estimate of drug-likeness (QED) is 0.754. The van der Waals surface area contributed by atoms with E-state index in [9.17, 15) is 5.11 Å². The molecule has 0 saturated heterocycles. The van der Waals surface area contributed by atoms with Crippen molar-refractivity contribution in [3.8, 4) is 0 Å². The van der Waals surface area contributed by atoms with Crippen LogP contribution in [0.3, 0.4) is 0 Å². The maximum atomic E-state index is 11.4. The van der Waals surface area contributed by atoms with Crippen LogP contribution in [0, 0.1) is 0 Å². The van der Waals surface area contributed by atoms with Gasteiger partial charge >= 0.3 is 0 Å². The summed E-state index contributed by atoms with van der Waals surface area (Å²) in [7, 11) is 0. The number of nitrogens with zero attached hydrogens (tertiary/aromatic N) is 3. The van der Waals surface area contributed by atoms with Gasteiger partial charge in [-0.3, -0.25) is 0 Å². The Balaban J connectivity index is 2.08. The van der Waals surface area contributed by atoms with E-state index in [0.717, 1.165) is 15.6 Å². The molecule has 2 aromatic carbocycles. The highest BCUT2D eigenvalue weighted by Gasteiger charge is 2.32. The van der Waals surface area contributed by atoms with Gasteiger partial charge in [-0.05, 0) is 35.4 Å². The fourth-order valence-corrected chi connectivity index (χ4v) is 2.74. The van der Waals surface area contributed by atoms with Crippen molar-refractivity contribution in [1.82, 2.24) is 14.8 Å². The Morgan fingerprint density at radius 3 is 2.18 bits per heavy atom. The van der Waals surface area contributed by atoms with Gasteiger partial charge in [0, 0.05) is 9.50 Å². The molecule has 1 unspecified atom stereocenters. The first-order valence-electron chi connectivity index (χ1n) is 6.65. The fraction of sp³-hybridized carbons (Fsp3) is 0.125. The van der Waals surface area contributed by atoms with E-state index >= 15 is 0 Å². The number of halogens is 2. The largest absolute Gasteiger partial charge is 0.378 e. The van der Waals surface area contributed by atoms with Gasteiger partial charge in [0.1, 0.15) is 18.3 Å². The van der Waals surface area contributed by atoms with Gasteiger partial charge in [0.05, 0.1) is 6.54 Å². The van der Waals surface area contributed by atoms with Crippen molar-refractivity contribution in [3.05, 3.63) is 81.8 Å². The molecule has 1 heterocycles. The third kappa shape index (κ3) is 3.06. The second kappa shape index (κ2) is 6.20. The zero-order valence-electron chi connectivity index (χ0n) is 11.5. The van der Waals surface area contributed by atoms with Crippen LogP contribution in [-0.2, 0) is 12.1 Å². The first-order chi connectivity index (χ1) is 10.6. The van der Waals surface area contributed by atoms with E-state index in [1.807, 2.05) is 36.4 Å². The van der Waals surface area contributed by atoms with Crippen LogP contribution >= 0.6 is 27.5 Å². The minimum Gasteiger partial charge on any atom is -0.378 e. The lowest BCUT2D eigenvalue weighted by Crippen LogP contribution is -2.33. The van der Waals surface area contributed by atoms with E-state index in [1.165, 1.54) is 6.33 Å². The predicted octanol–water partition coefficient (Wildman–Crippen LogP) is 3.63. The molecule has 0 radical (unpaired) electrons. The maximum Gasteiger partial charge on any atom is 0.137 e. The minimum absolute atomic E-state index is 0.260.